The Labute approximate surface area is 96.9 Å². The lowest BCUT2D eigenvalue weighted by atomic mass is 10.3. The molecule has 1 aromatic carbocycles. The Morgan fingerprint density at radius 1 is 1.19 bits per heavy atom. The van der Waals surface area contributed by atoms with E-state index in [1.807, 2.05) is 18.2 Å². The molecule has 0 atom stereocenters. The van der Waals surface area contributed by atoms with Crippen molar-refractivity contribution in [1.29, 1.82) is 0 Å². The van der Waals surface area contributed by atoms with Crippen LogP contribution < -0.4 is 22.3 Å². The summed E-state index contributed by atoms with van der Waals surface area (Å²) in [4.78, 5) is 0. The highest BCUT2D eigenvalue weighted by Crippen LogP contribution is 2.24. The summed E-state index contributed by atoms with van der Waals surface area (Å²) in [7, 11) is 0. The summed E-state index contributed by atoms with van der Waals surface area (Å²) < 4.78 is 0. The molecule has 84 valence electrons. The number of H-pyrrole nitrogens is 1. The summed E-state index contributed by atoms with van der Waals surface area (Å²) in [6, 6.07) is 7.29. The third kappa shape index (κ3) is 1.96. The monoisotopic (exact) mass is 238 g/mol. The van der Waals surface area contributed by atoms with Gasteiger partial charge >= 0.3 is 0 Å². The van der Waals surface area contributed by atoms with Crippen LogP contribution in [0.1, 0.15) is 0 Å². The number of nitrogens with zero attached hydrogens (tertiary/aromatic N) is 1. The van der Waals surface area contributed by atoms with Crippen LogP contribution in [0.2, 0.25) is 5.02 Å². The van der Waals surface area contributed by atoms with Crippen LogP contribution in [0.4, 0.5) is 23.0 Å². The quantitative estimate of drug-likeness (QED) is 0.523. The van der Waals surface area contributed by atoms with Crippen LogP contribution in [0.15, 0.2) is 24.3 Å². The highest BCUT2D eigenvalue weighted by atomic mass is 35.5. The van der Waals surface area contributed by atoms with Crippen molar-refractivity contribution in [3.8, 4) is 0 Å². The molecule has 2 aromatic rings. The van der Waals surface area contributed by atoms with Crippen LogP contribution in [0, 0.1) is 0 Å². The van der Waals surface area contributed by atoms with Gasteiger partial charge in [-0.05, 0) is 12.1 Å². The van der Waals surface area contributed by atoms with Crippen molar-refractivity contribution in [2.75, 3.05) is 22.3 Å². The summed E-state index contributed by atoms with van der Waals surface area (Å²) >= 11 is 5.96. The van der Waals surface area contributed by atoms with Crippen molar-refractivity contribution in [2.45, 2.75) is 0 Å². The number of anilines is 4. The fraction of sp³-hybridized carbons (Fsp3) is 0. The summed E-state index contributed by atoms with van der Waals surface area (Å²) in [6.07, 6.45) is 0. The fourth-order valence-corrected chi connectivity index (χ4v) is 1.38. The minimum atomic E-state index is 0.289. The normalized spacial score (nSPS) is 10.1. The Balaban J connectivity index is 2.11. The van der Waals surface area contributed by atoms with Crippen LogP contribution in [0.25, 0.3) is 0 Å². The Morgan fingerprint density at radius 3 is 2.56 bits per heavy atom. The van der Waals surface area contributed by atoms with Gasteiger partial charge in [-0.1, -0.05) is 23.7 Å². The highest BCUT2D eigenvalue weighted by molar-refractivity contribution is 6.33. The number of nitrogens with two attached hydrogens (primary N) is 2. The average Bonchev–Trinajstić information content (AvgIpc) is 2.58. The Bertz CT molecular complexity index is 475. The van der Waals surface area contributed by atoms with E-state index in [9.17, 15) is 0 Å². The first-order valence-corrected chi connectivity index (χ1v) is 4.92. The van der Waals surface area contributed by atoms with Crippen LogP contribution >= 0.6 is 11.6 Å². The van der Waals surface area contributed by atoms with Crippen LogP contribution in [-0.2, 0) is 0 Å². The minimum Gasteiger partial charge on any atom is -0.382 e. The van der Waals surface area contributed by atoms with Crippen LogP contribution in [-0.4, -0.2) is 10.2 Å². The molecule has 0 fully saturated rings. The Hall–Kier alpha value is -2.08. The standard InChI is InChI=1S/C9H11ClN6/c10-5-3-1-2-4-6(5)13-14-7-8(11)15-16-9(7)12/h1-4,13-14H,(H5,11,12,15,16). The van der Waals surface area contributed by atoms with Gasteiger partial charge < -0.3 is 11.5 Å². The van der Waals surface area contributed by atoms with Gasteiger partial charge in [-0.15, -0.1) is 0 Å². The molecule has 0 saturated carbocycles. The largest absolute Gasteiger partial charge is 0.382 e. The van der Waals surface area contributed by atoms with Crippen LogP contribution in [0.5, 0.6) is 0 Å². The molecule has 0 amide bonds. The Morgan fingerprint density at radius 2 is 1.94 bits per heavy atom. The van der Waals surface area contributed by atoms with Gasteiger partial charge in [-0.2, -0.15) is 5.10 Å². The van der Waals surface area contributed by atoms with Gasteiger partial charge in [-0.3, -0.25) is 16.0 Å². The number of hydrogen-bond donors (Lipinski definition) is 5. The molecule has 2 rings (SSSR count). The van der Waals surface area contributed by atoms with Crippen molar-refractivity contribution in [1.82, 2.24) is 10.2 Å². The second kappa shape index (κ2) is 4.19. The van der Waals surface area contributed by atoms with Crippen LogP contribution in [0.3, 0.4) is 0 Å². The van der Waals surface area contributed by atoms with Crippen molar-refractivity contribution < 1.29 is 0 Å². The maximum Gasteiger partial charge on any atom is 0.172 e. The lowest BCUT2D eigenvalue weighted by molar-refractivity contribution is 1.11. The van der Waals surface area contributed by atoms with Gasteiger partial charge in [0, 0.05) is 0 Å². The number of nitrogen functional groups attached to an aromatic ring is 2. The first-order valence-electron chi connectivity index (χ1n) is 4.54. The number of para-hydroxylation sites is 1. The third-order valence-corrected chi connectivity index (χ3v) is 2.35. The minimum absolute atomic E-state index is 0.289. The molecule has 0 aliphatic rings. The third-order valence-electron chi connectivity index (χ3n) is 2.02. The van der Waals surface area contributed by atoms with Crippen molar-refractivity contribution in [3.63, 3.8) is 0 Å². The first-order chi connectivity index (χ1) is 7.68. The predicted octanol–water partition coefficient (Wildman–Crippen LogP) is 1.67. The zero-order chi connectivity index (χ0) is 11.5. The lowest BCUT2D eigenvalue weighted by Crippen LogP contribution is -2.11. The Kier molecular flexibility index (Phi) is 2.74. The van der Waals surface area contributed by atoms with Crippen molar-refractivity contribution in [2.24, 2.45) is 0 Å². The number of hydrazine groups is 1. The van der Waals surface area contributed by atoms with E-state index >= 15 is 0 Å². The molecule has 1 aromatic heterocycles. The molecule has 0 bridgehead atoms. The number of aromatic nitrogens is 2. The van der Waals surface area contributed by atoms with E-state index in [1.54, 1.807) is 6.07 Å². The lowest BCUT2D eigenvalue weighted by Gasteiger charge is -2.10. The fourth-order valence-electron chi connectivity index (χ4n) is 1.19. The van der Waals surface area contributed by atoms with E-state index in [2.05, 4.69) is 21.0 Å². The van der Waals surface area contributed by atoms with E-state index < -0.39 is 0 Å². The molecular weight excluding hydrogens is 228 g/mol. The van der Waals surface area contributed by atoms with Gasteiger partial charge in [0.2, 0.25) is 0 Å². The summed E-state index contributed by atoms with van der Waals surface area (Å²) in [5, 5.41) is 6.89. The van der Waals surface area contributed by atoms with E-state index in [1.165, 1.54) is 0 Å². The number of aromatic amines is 1. The summed E-state index contributed by atoms with van der Waals surface area (Å²) in [5.74, 6) is 0.647. The number of rotatable bonds is 3. The molecule has 1 heterocycles. The molecule has 0 unspecified atom stereocenters. The van der Waals surface area contributed by atoms with Crippen molar-refractivity contribution in [3.05, 3.63) is 29.3 Å². The smallest absolute Gasteiger partial charge is 0.172 e. The molecule has 7 heteroatoms. The van der Waals surface area contributed by atoms with Gasteiger partial charge in [0.15, 0.2) is 5.82 Å². The number of nitrogens with one attached hydrogen (secondary N) is 3. The first kappa shape index (κ1) is 10.4. The number of hydrogen-bond acceptors (Lipinski definition) is 5. The summed E-state index contributed by atoms with van der Waals surface area (Å²) in [6.45, 7) is 0. The molecule has 7 N–H and O–H groups in total. The molecule has 16 heavy (non-hydrogen) atoms. The molecule has 0 saturated heterocycles. The van der Waals surface area contributed by atoms with E-state index in [0.717, 1.165) is 5.69 Å². The van der Waals surface area contributed by atoms with Gasteiger partial charge in [0.25, 0.3) is 0 Å². The topological polar surface area (TPSA) is 105 Å². The van der Waals surface area contributed by atoms with Gasteiger partial charge in [-0.25, -0.2) is 0 Å². The molecule has 0 spiro atoms. The second-order valence-corrected chi connectivity index (χ2v) is 3.53. The van der Waals surface area contributed by atoms with E-state index in [0.29, 0.717) is 16.5 Å². The number of halogens is 1. The van der Waals surface area contributed by atoms with Crippen molar-refractivity contribution >= 4 is 34.6 Å². The number of benzene rings is 1. The SMILES string of the molecule is Nc1n[nH]c(N)c1NNc1ccccc1Cl. The zero-order valence-corrected chi connectivity index (χ0v) is 9.05. The molecule has 0 aliphatic carbocycles. The molecular formula is C9H11ClN6. The summed E-state index contributed by atoms with van der Waals surface area (Å²) in [5.41, 5.74) is 18.2. The molecule has 0 aliphatic heterocycles. The van der Waals surface area contributed by atoms with Gasteiger partial charge in [0.05, 0.1) is 10.7 Å². The molecule has 0 radical (unpaired) electrons. The maximum absolute atomic E-state index is 5.96. The predicted molar refractivity (Wildman–Crippen MR) is 66.1 cm³/mol. The highest BCUT2D eigenvalue weighted by Gasteiger charge is 2.07. The van der Waals surface area contributed by atoms with E-state index in [-0.39, 0.29) is 5.82 Å². The van der Waals surface area contributed by atoms with E-state index in [4.69, 9.17) is 23.1 Å². The zero-order valence-electron chi connectivity index (χ0n) is 8.29. The maximum atomic E-state index is 5.96. The molecule has 6 nitrogen and oxygen atoms in total. The van der Waals surface area contributed by atoms with Gasteiger partial charge in [0.1, 0.15) is 11.5 Å². The average molecular weight is 239 g/mol. The second-order valence-electron chi connectivity index (χ2n) is 3.13.